The Morgan fingerprint density at radius 3 is 2.69 bits per heavy atom. The second kappa shape index (κ2) is 5.18. The van der Waals surface area contributed by atoms with Crippen molar-refractivity contribution in [2.75, 3.05) is 7.11 Å². The number of hydrogen-bond acceptors (Lipinski definition) is 3. The van der Waals surface area contributed by atoms with Crippen molar-refractivity contribution in [2.24, 2.45) is 11.7 Å². The van der Waals surface area contributed by atoms with Crippen LogP contribution in [0, 0.1) is 5.92 Å². The van der Waals surface area contributed by atoms with Gasteiger partial charge >= 0.3 is 5.97 Å². The molecule has 5 heteroatoms. The Labute approximate surface area is 99.0 Å². The molecule has 1 aromatic rings. The fourth-order valence-electron chi connectivity index (χ4n) is 1.39. The van der Waals surface area contributed by atoms with Crippen molar-refractivity contribution in [1.29, 1.82) is 0 Å². The first-order chi connectivity index (χ1) is 7.47. The van der Waals surface area contributed by atoms with Gasteiger partial charge in [-0.3, -0.25) is 4.79 Å². The van der Waals surface area contributed by atoms with Gasteiger partial charge < -0.3 is 15.6 Å². The van der Waals surface area contributed by atoms with Gasteiger partial charge in [0.15, 0.2) is 0 Å². The van der Waals surface area contributed by atoms with Gasteiger partial charge in [-0.25, -0.2) is 0 Å². The van der Waals surface area contributed by atoms with E-state index in [-0.39, 0.29) is 0 Å². The first kappa shape index (κ1) is 12.8. The average Bonchev–Trinajstić information content (AvgIpc) is 2.26. The van der Waals surface area contributed by atoms with Crippen molar-refractivity contribution in [3.8, 4) is 5.75 Å². The number of carboxylic acids is 1. The Kier molecular flexibility index (Phi) is 4.15. The van der Waals surface area contributed by atoms with Gasteiger partial charge in [0.1, 0.15) is 5.75 Å². The summed E-state index contributed by atoms with van der Waals surface area (Å²) < 4.78 is 5.12. The van der Waals surface area contributed by atoms with E-state index < -0.39 is 17.9 Å². The Morgan fingerprint density at radius 2 is 2.19 bits per heavy atom. The minimum Gasteiger partial charge on any atom is -0.496 e. The van der Waals surface area contributed by atoms with Crippen LogP contribution >= 0.6 is 11.6 Å². The standard InChI is InChI=1S/C11H14ClNO3/c1-6(11(14)15)10(13)8-5-7(12)3-4-9(8)16-2/h3-6,10H,13H2,1-2H3,(H,14,15). The first-order valence-corrected chi connectivity index (χ1v) is 5.17. The minimum absolute atomic E-state index is 0.504. The van der Waals surface area contributed by atoms with Crippen molar-refractivity contribution in [3.63, 3.8) is 0 Å². The number of halogens is 1. The lowest BCUT2D eigenvalue weighted by atomic mass is 9.95. The lowest BCUT2D eigenvalue weighted by Gasteiger charge is -2.19. The smallest absolute Gasteiger partial charge is 0.308 e. The Bertz CT molecular complexity index is 395. The van der Waals surface area contributed by atoms with E-state index in [1.807, 2.05) is 0 Å². The maximum atomic E-state index is 10.8. The molecule has 0 bridgehead atoms. The molecule has 0 aliphatic carbocycles. The van der Waals surface area contributed by atoms with Crippen LogP contribution in [0.5, 0.6) is 5.75 Å². The number of methoxy groups -OCH3 is 1. The molecule has 16 heavy (non-hydrogen) atoms. The lowest BCUT2D eigenvalue weighted by molar-refractivity contribution is -0.141. The summed E-state index contributed by atoms with van der Waals surface area (Å²) in [6, 6.07) is 4.32. The summed E-state index contributed by atoms with van der Waals surface area (Å²) in [6.45, 7) is 1.55. The Hall–Kier alpha value is -1.26. The highest BCUT2D eigenvalue weighted by molar-refractivity contribution is 6.30. The fraction of sp³-hybridized carbons (Fsp3) is 0.364. The van der Waals surface area contributed by atoms with Crippen molar-refractivity contribution >= 4 is 17.6 Å². The third kappa shape index (κ3) is 2.65. The van der Waals surface area contributed by atoms with Crippen LogP contribution < -0.4 is 10.5 Å². The van der Waals surface area contributed by atoms with Gasteiger partial charge in [-0.2, -0.15) is 0 Å². The van der Waals surface area contributed by atoms with Crippen LogP contribution in [0.1, 0.15) is 18.5 Å². The summed E-state index contributed by atoms with van der Waals surface area (Å²) in [5.74, 6) is -1.10. The van der Waals surface area contributed by atoms with Gasteiger partial charge in [0.25, 0.3) is 0 Å². The predicted molar refractivity (Wildman–Crippen MR) is 61.7 cm³/mol. The molecule has 3 N–H and O–H groups in total. The van der Waals surface area contributed by atoms with Crippen LogP contribution in [0.25, 0.3) is 0 Å². The van der Waals surface area contributed by atoms with E-state index in [0.717, 1.165) is 0 Å². The number of ether oxygens (including phenoxy) is 1. The molecule has 0 fully saturated rings. The van der Waals surface area contributed by atoms with E-state index in [4.69, 9.17) is 27.2 Å². The van der Waals surface area contributed by atoms with Crippen LogP contribution in [-0.2, 0) is 4.79 Å². The van der Waals surface area contributed by atoms with E-state index in [1.165, 1.54) is 7.11 Å². The number of carboxylic acid groups (broad SMARTS) is 1. The van der Waals surface area contributed by atoms with Crippen LogP contribution in [0.15, 0.2) is 18.2 Å². The van der Waals surface area contributed by atoms with Gasteiger partial charge in [-0.1, -0.05) is 18.5 Å². The maximum absolute atomic E-state index is 10.8. The summed E-state index contributed by atoms with van der Waals surface area (Å²) in [4.78, 5) is 10.8. The van der Waals surface area contributed by atoms with E-state index in [0.29, 0.717) is 16.3 Å². The zero-order valence-corrected chi connectivity index (χ0v) is 9.86. The van der Waals surface area contributed by atoms with Crippen LogP contribution in [0.4, 0.5) is 0 Å². The highest BCUT2D eigenvalue weighted by atomic mass is 35.5. The molecule has 0 aromatic heterocycles. The quantitative estimate of drug-likeness (QED) is 0.849. The van der Waals surface area contributed by atoms with Gasteiger partial charge in [-0.05, 0) is 18.2 Å². The van der Waals surface area contributed by atoms with Crippen molar-refractivity contribution in [3.05, 3.63) is 28.8 Å². The van der Waals surface area contributed by atoms with Crippen LogP contribution in [0.3, 0.4) is 0 Å². The van der Waals surface area contributed by atoms with E-state index >= 15 is 0 Å². The maximum Gasteiger partial charge on any atom is 0.308 e. The summed E-state index contributed by atoms with van der Waals surface area (Å²) >= 11 is 5.84. The van der Waals surface area contributed by atoms with Gasteiger partial charge in [0, 0.05) is 16.6 Å². The third-order valence-corrected chi connectivity index (χ3v) is 2.71. The second-order valence-corrected chi connectivity index (χ2v) is 3.98. The van der Waals surface area contributed by atoms with E-state index in [1.54, 1.807) is 25.1 Å². The number of hydrogen-bond donors (Lipinski definition) is 2. The normalized spacial score (nSPS) is 14.2. The predicted octanol–water partition coefficient (Wildman–Crippen LogP) is 2.07. The average molecular weight is 244 g/mol. The number of nitrogens with two attached hydrogens (primary N) is 1. The number of rotatable bonds is 4. The molecular formula is C11H14ClNO3. The van der Waals surface area contributed by atoms with E-state index in [9.17, 15) is 4.79 Å². The van der Waals surface area contributed by atoms with Crippen LogP contribution in [0.2, 0.25) is 5.02 Å². The summed E-state index contributed by atoms with van der Waals surface area (Å²) in [6.07, 6.45) is 0. The Balaban J connectivity index is 3.10. The number of carbonyl (C=O) groups is 1. The SMILES string of the molecule is COc1ccc(Cl)cc1C(N)C(C)C(=O)O. The van der Waals surface area contributed by atoms with Crippen LogP contribution in [-0.4, -0.2) is 18.2 Å². The topological polar surface area (TPSA) is 72.5 Å². The fourth-order valence-corrected chi connectivity index (χ4v) is 1.57. The molecule has 0 saturated carbocycles. The molecule has 88 valence electrons. The van der Waals surface area contributed by atoms with E-state index in [2.05, 4.69) is 0 Å². The molecule has 4 nitrogen and oxygen atoms in total. The molecule has 2 atom stereocenters. The number of benzene rings is 1. The largest absolute Gasteiger partial charge is 0.496 e. The van der Waals surface area contributed by atoms with Crippen molar-refractivity contribution in [2.45, 2.75) is 13.0 Å². The summed E-state index contributed by atoms with van der Waals surface area (Å²) in [5, 5.41) is 9.40. The highest BCUT2D eigenvalue weighted by Crippen LogP contribution is 2.30. The second-order valence-electron chi connectivity index (χ2n) is 3.54. The molecule has 0 saturated heterocycles. The van der Waals surface area contributed by atoms with Crippen molar-refractivity contribution in [1.82, 2.24) is 0 Å². The summed E-state index contributed by atoms with van der Waals surface area (Å²) in [7, 11) is 1.50. The molecule has 0 aliphatic heterocycles. The molecule has 2 unspecified atom stereocenters. The van der Waals surface area contributed by atoms with Gasteiger partial charge in [-0.15, -0.1) is 0 Å². The van der Waals surface area contributed by atoms with Crippen molar-refractivity contribution < 1.29 is 14.6 Å². The molecule has 0 aliphatic rings. The van der Waals surface area contributed by atoms with Gasteiger partial charge in [0.05, 0.1) is 13.0 Å². The Morgan fingerprint density at radius 1 is 1.56 bits per heavy atom. The molecule has 0 heterocycles. The molecule has 0 radical (unpaired) electrons. The summed E-state index contributed by atoms with van der Waals surface area (Å²) in [5.41, 5.74) is 6.47. The lowest BCUT2D eigenvalue weighted by Crippen LogP contribution is -2.26. The molecule has 1 rings (SSSR count). The highest BCUT2D eigenvalue weighted by Gasteiger charge is 2.24. The monoisotopic (exact) mass is 243 g/mol. The molecule has 1 aromatic carbocycles. The van der Waals surface area contributed by atoms with Gasteiger partial charge in [0.2, 0.25) is 0 Å². The number of aliphatic carboxylic acids is 1. The first-order valence-electron chi connectivity index (χ1n) is 4.79. The minimum atomic E-state index is -0.950. The molecular weight excluding hydrogens is 230 g/mol. The molecule has 0 spiro atoms. The zero-order chi connectivity index (χ0) is 12.3. The third-order valence-electron chi connectivity index (χ3n) is 2.48. The zero-order valence-electron chi connectivity index (χ0n) is 9.11. The molecule has 0 amide bonds.